The average Bonchev–Trinajstić information content (AvgIpc) is 2.87. The predicted octanol–water partition coefficient (Wildman–Crippen LogP) is -0.147. The smallest absolute Gasteiger partial charge is 0.377 e. The van der Waals surface area contributed by atoms with Gasteiger partial charge in [-0.05, 0) is 38.1 Å². The number of nitrogens with zero attached hydrogens (tertiary/aromatic N) is 1. The van der Waals surface area contributed by atoms with Gasteiger partial charge in [0.15, 0.2) is 0 Å². The molecule has 1 aliphatic rings. The molecule has 0 spiro atoms. The van der Waals surface area contributed by atoms with Crippen LogP contribution in [0.3, 0.4) is 0 Å². The van der Waals surface area contributed by atoms with Crippen LogP contribution in [0, 0.1) is 13.8 Å². The maximum absolute atomic E-state index is 5.33. The normalized spacial score (nSPS) is 17.1. The fourth-order valence-electron chi connectivity index (χ4n) is 2.78. The van der Waals surface area contributed by atoms with Gasteiger partial charge in [-0.1, -0.05) is 35.4 Å². The van der Waals surface area contributed by atoms with E-state index in [1.54, 1.807) is 6.34 Å². The van der Waals surface area contributed by atoms with Crippen LogP contribution in [0.25, 0.3) is 5.32 Å². The molecule has 2 aromatic carbocycles. The Hall–Kier alpha value is -0.694. The molecule has 0 unspecified atom stereocenters. The van der Waals surface area contributed by atoms with Crippen molar-refractivity contribution in [1.29, 1.82) is 0 Å². The Bertz CT molecular complexity index is 715. The number of nitrogens with one attached hydrogen (secondary N) is 1. The number of rotatable bonds is 3. The summed E-state index contributed by atoms with van der Waals surface area (Å²) in [6.45, 7) is 11.2. The minimum atomic E-state index is 0. The van der Waals surface area contributed by atoms with E-state index in [0.29, 0.717) is 79.3 Å². The quantitative estimate of drug-likeness (QED) is 0.340. The monoisotopic (exact) mass is 527 g/mol. The first-order chi connectivity index (χ1) is 17.2. The molecule has 1 fully saturated rings. The Morgan fingerprint density at radius 2 is 0.833 bits per heavy atom. The molecule has 0 amide bonds. The molecule has 0 aliphatic carbocycles. The van der Waals surface area contributed by atoms with Crippen molar-refractivity contribution < 1.29 is 84.8 Å². The minimum absolute atomic E-state index is 0. The number of hydrogen-bond donors (Lipinski definition) is 1. The van der Waals surface area contributed by atoms with Gasteiger partial charge in [0.05, 0.1) is 91.3 Å². The van der Waals surface area contributed by atoms with Crippen LogP contribution in [-0.4, -0.2) is 85.6 Å². The summed E-state index contributed by atoms with van der Waals surface area (Å²) in [6.07, 6.45) is 1.72. The molecule has 8 nitrogen and oxygen atoms in total. The molecule has 0 atom stereocenters. The van der Waals surface area contributed by atoms with Gasteiger partial charge in [0.2, 0.25) is 0 Å². The zero-order valence-corrected chi connectivity index (χ0v) is 25.2. The fraction of sp³-hybridized carbons (Fsp3) is 0.519. The molecule has 0 saturated carbocycles. The van der Waals surface area contributed by atoms with Crippen LogP contribution in [-0.2, 0) is 28.4 Å². The second-order valence-corrected chi connectivity index (χ2v) is 7.78. The van der Waals surface area contributed by atoms with Gasteiger partial charge in [-0.15, -0.1) is 0 Å². The van der Waals surface area contributed by atoms with E-state index < -0.39 is 0 Å². The average molecular weight is 528 g/mol. The van der Waals surface area contributed by atoms with E-state index in [-0.39, 0.29) is 51.4 Å². The van der Waals surface area contributed by atoms with Gasteiger partial charge in [0.25, 0.3) is 0 Å². The van der Waals surface area contributed by atoms with Crippen molar-refractivity contribution in [2.24, 2.45) is 0 Å². The van der Waals surface area contributed by atoms with Gasteiger partial charge in [-0.25, -0.2) is 5.32 Å². The van der Waals surface area contributed by atoms with Gasteiger partial charge >= 0.3 is 51.4 Å². The van der Waals surface area contributed by atoms with E-state index in [9.17, 15) is 0 Å². The molecular formula is C27H40KN2O6+. The van der Waals surface area contributed by atoms with Crippen molar-refractivity contribution in [1.82, 2.24) is 0 Å². The molecule has 1 saturated heterocycles. The molecule has 0 aromatic heterocycles. The number of aryl methyl sites for hydroxylation is 2. The van der Waals surface area contributed by atoms with Crippen molar-refractivity contribution in [3.05, 3.63) is 65.0 Å². The molecule has 2 aromatic rings. The zero-order valence-electron chi connectivity index (χ0n) is 22.1. The summed E-state index contributed by atoms with van der Waals surface area (Å²) in [5.74, 6) is 0. The Morgan fingerprint density at radius 1 is 0.528 bits per heavy atom. The summed E-state index contributed by atoms with van der Waals surface area (Å²) in [6, 6.07) is 16.3. The van der Waals surface area contributed by atoms with Crippen LogP contribution in [0.15, 0.2) is 48.5 Å². The molecule has 0 radical (unpaired) electrons. The molecule has 1 N–H and O–H groups in total. The van der Waals surface area contributed by atoms with E-state index in [1.807, 2.05) is 24.3 Å². The third-order valence-electron chi connectivity index (χ3n) is 4.76. The summed E-state index contributed by atoms with van der Waals surface area (Å²) in [7, 11) is 0. The van der Waals surface area contributed by atoms with Crippen LogP contribution < -0.4 is 56.4 Å². The SMILES string of the molecule is C1COCCOCCOCCOCCOCCO1.Cc1ccc([N-]C=[NH+]c2ccc(C)cc2)cc1.[K+]. The first-order valence-electron chi connectivity index (χ1n) is 12.1. The molecule has 3 rings (SSSR count). The topological polar surface area (TPSA) is 83.5 Å². The summed E-state index contributed by atoms with van der Waals surface area (Å²) < 4.78 is 32.0. The first-order valence-corrected chi connectivity index (χ1v) is 12.1. The second kappa shape index (κ2) is 23.4. The predicted molar refractivity (Wildman–Crippen MR) is 137 cm³/mol. The Kier molecular flexibility index (Phi) is 21.7. The number of hydrogen-bond acceptors (Lipinski definition) is 6. The molecular weight excluding hydrogens is 487 g/mol. The van der Waals surface area contributed by atoms with Crippen molar-refractivity contribution >= 4 is 17.7 Å². The van der Waals surface area contributed by atoms with Crippen molar-refractivity contribution in [2.75, 3.05) is 79.3 Å². The maximum Gasteiger partial charge on any atom is 1.00 e. The summed E-state index contributed by atoms with van der Waals surface area (Å²) in [5.41, 5.74) is 4.50. The minimum Gasteiger partial charge on any atom is -0.377 e. The third-order valence-corrected chi connectivity index (χ3v) is 4.76. The number of ether oxygens (including phenoxy) is 6. The van der Waals surface area contributed by atoms with Gasteiger partial charge in [-0.2, -0.15) is 0 Å². The first kappa shape index (κ1) is 33.3. The molecule has 1 heterocycles. The van der Waals surface area contributed by atoms with Gasteiger partial charge in [0.1, 0.15) is 0 Å². The summed E-state index contributed by atoms with van der Waals surface area (Å²) in [5, 5.41) is 4.33. The largest absolute Gasteiger partial charge is 1.00 e. The van der Waals surface area contributed by atoms with Crippen LogP contribution in [0.5, 0.6) is 0 Å². The standard InChI is InChI=1S/C15H15N2.C12H24O6.K/c1-12-3-7-14(8-4-12)16-11-17-15-9-5-13(2)6-10-15;1-2-14-5-6-16-9-10-18-12-11-17-8-7-15-4-3-13-1;/h3-11H,1-2H3;1-12H2;/q-1;;+1/p+1. The fourth-order valence-corrected chi connectivity index (χ4v) is 2.78. The van der Waals surface area contributed by atoms with Crippen LogP contribution in [0.1, 0.15) is 11.1 Å². The van der Waals surface area contributed by atoms with E-state index >= 15 is 0 Å². The van der Waals surface area contributed by atoms with Crippen LogP contribution >= 0.6 is 0 Å². The molecule has 0 bridgehead atoms. The zero-order chi connectivity index (χ0) is 24.8. The van der Waals surface area contributed by atoms with E-state index in [2.05, 4.69) is 48.4 Å². The van der Waals surface area contributed by atoms with E-state index in [4.69, 9.17) is 28.4 Å². The number of benzene rings is 2. The summed E-state index contributed by atoms with van der Waals surface area (Å²) >= 11 is 0. The Labute approximate surface area is 258 Å². The van der Waals surface area contributed by atoms with Crippen molar-refractivity contribution in [3.8, 4) is 0 Å². The molecule has 1 aliphatic heterocycles. The Morgan fingerprint density at radius 3 is 1.17 bits per heavy atom. The van der Waals surface area contributed by atoms with Crippen molar-refractivity contribution in [3.63, 3.8) is 0 Å². The van der Waals surface area contributed by atoms with E-state index in [1.165, 1.54) is 11.1 Å². The third kappa shape index (κ3) is 18.5. The van der Waals surface area contributed by atoms with E-state index in [0.717, 1.165) is 11.4 Å². The molecule has 36 heavy (non-hydrogen) atoms. The second-order valence-electron chi connectivity index (χ2n) is 7.78. The van der Waals surface area contributed by atoms with Gasteiger partial charge in [0, 0.05) is 5.69 Å². The Balaban J connectivity index is 0.000000351. The van der Waals surface area contributed by atoms with Crippen LogP contribution in [0.4, 0.5) is 11.4 Å². The molecule has 9 heteroatoms. The van der Waals surface area contributed by atoms with Gasteiger partial charge < -0.3 is 33.4 Å². The maximum atomic E-state index is 5.33. The summed E-state index contributed by atoms with van der Waals surface area (Å²) in [4.78, 5) is 3.14. The molecule has 194 valence electrons. The van der Waals surface area contributed by atoms with Crippen LogP contribution in [0.2, 0.25) is 0 Å². The van der Waals surface area contributed by atoms with Crippen molar-refractivity contribution in [2.45, 2.75) is 13.8 Å². The van der Waals surface area contributed by atoms with Gasteiger partial charge in [-0.3, -0.25) is 0 Å².